The zero-order valence-corrected chi connectivity index (χ0v) is 19.8. The van der Waals surface area contributed by atoms with Crippen molar-refractivity contribution in [3.63, 3.8) is 0 Å². The van der Waals surface area contributed by atoms with Crippen molar-refractivity contribution in [2.24, 2.45) is 4.99 Å². The molecule has 1 fully saturated rings. The third kappa shape index (κ3) is 8.32. The molecule has 0 saturated carbocycles. The van der Waals surface area contributed by atoms with E-state index >= 15 is 0 Å². The SMILES string of the molecule is CCNC(=NCCC(C)c1cccc(C(F)(F)F)c1)N1CCC(OCC)CC1.I. The highest BCUT2D eigenvalue weighted by Crippen LogP contribution is 2.31. The summed E-state index contributed by atoms with van der Waals surface area (Å²) in [6.45, 7) is 9.91. The van der Waals surface area contributed by atoms with Crippen molar-refractivity contribution in [1.29, 1.82) is 0 Å². The molecule has 29 heavy (non-hydrogen) atoms. The van der Waals surface area contributed by atoms with Crippen molar-refractivity contribution >= 4 is 29.9 Å². The van der Waals surface area contributed by atoms with Gasteiger partial charge in [0.05, 0.1) is 11.7 Å². The van der Waals surface area contributed by atoms with Gasteiger partial charge in [-0.15, -0.1) is 24.0 Å². The zero-order valence-electron chi connectivity index (χ0n) is 17.5. The molecule has 0 spiro atoms. The van der Waals surface area contributed by atoms with Crippen molar-refractivity contribution in [2.75, 3.05) is 32.8 Å². The number of halogens is 4. The van der Waals surface area contributed by atoms with Gasteiger partial charge in [-0.1, -0.05) is 25.1 Å². The van der Waals surface area contributed by atoms with E-state index in [0.717, 1.165) is 51.1 Å². The second-order valence-electron chi connectivity index (χ2n) is 7.19. The van der Waals surface area contributed by atoms with E-state index in [9.17, 15) is 13.2 Å². The van der Waals surface area contributed by atoms with Gasteiger partial charge in [-0.2, -0.15) is 13.2 Å². The molecule has 1 unspecified atom stereocenters. The molecule has 1 aromatic carbocycles. The summed E-state index contributed by atoms with van der Waals surface area (Å²) in [6.07, 6.45) is -1.31. The molecule has 1 aliphatic rings. The van der Waals surface area contributed by atoms with Crippen LogP contribution in [0.2, 0.25) is 0 Å². The van der Waals surface area contributed by atoms with Gasteiger partial charge in [0.2, 0.25) is 0 Å². The highest BCUT2D eigenvalue weighted by molar-refractivity contribution is 14.0. The first-order chi connectivity index (χ1) is 13.3. The van der Waals surface area contributed by atoms with Crippen LogP contribution in [0.1, 0.15) is 57.1 Å². The summed E-state index contributed by atoms with van der Waals surface area (Å²) in [6, 6.07) is 5.60. The minimum atomic E-state index is -4.31. The molecule has 0 aliphatic carbocycles. The smallest absolute Gasteiger partial charge is 0.378 e. The van der Waals surface area contributed by atoms with E-state index in [-0.39, 0.29) is 29.9 Å². The molecule has 8 heteroatoms. The molecule has 4 nitrogen and oxygen atoms in total. The summed E-state index contributed by atoms with van der Waals surface area (Å²) in [4.78, 5) is 6.96. The normalized spacial score (nSPS) is 17.0. The number of alkyl halides is 3. The van der Waals surface area contributed by atoms with Crippen LogP contribution in [0, 0.1) is 0 Å². The maximum Gasteiger partial charge on any atom is 0.416 e. The van der Waals surface area contributed by atoms with Crippen LogP contribution in [0.25, 0.3) is 0 Å². The maximum absolute atomic E-state index is 12.9. The number of nitrogens with one attached hydrogen (secondary N) is 1. The predicted molar refractivity (Wildman–Crippen MR) is 122 cm³/mol. The van der Waals surface area contributed by atoms with E-state index in [1.807, 2.05) is 20.8 Å². The van der Waals surface area contributed by atoms with Crippen molar-refractivity contribution in [1.82, 2.24) is 10.2 Å². The van der Waals surface area contributed by atoms with Crippen LogP contribution in [-0.4, -0.2) is 49.7 Å². The Bertz CT molecular complexity index is 632. The van der Waals surface area contributed by atoms with E-state index in [1.165, 1.54) is 12.1 Å². The standard InChI is InChI=1S/C21H32F3N3O.HI/c1-4-25-20(27-13-10-19(11-14-27)28-5-2)26-12-9-16(3)17-7-6-8-18(15-17)21(22,23)24;/h6-8,15-16,19H,4-5,9-14H2,1-3H3,(H,25,26);1H. The third-order valence-corrected chi connectivity index (χ3v) is 5.09. The minimum Gasteiger partial charge on any atom is -0.378 e. The van der Waals surface area contributed by atoms with Gasteiger partial charge in [0.15, 0.2) is 5.96 Å². The van der Waals surface area contributed by atoms with E-state index in [2.05, 4.69) is 10.2 Å². The first-order valence-corrected chi connectivity index (χ1v) is 10.2. The number of nitrogens with zero attached hydrogens (tertiary/aromatic N) is 2. The Morgan fingerprint density at radius 3 is 2.55 bits per heavy atom. The number of benzene rings is 1. The highest BCUT2D eigenvalue weighted by Gasteiger charge is 2.30. The lowest BCUT2D eigenvalue weighted by Gasteiger charge is -2.34. The van der Waals surface area contributed by atoms with Crippen molar-refractivity contribution in [2.45, 2.75) is 58.2 Å². The summed E-state index contributed by atoms with van der Waals surface area (Å²) in [5.41, 5.74) is 0.110. The van der Waals surface area contributed by atoms with E-state index in [1.54, 1.807) is 6.07 Å². The largest absolute Gasteiger partial charge is 0.416 e. The number of guanidine groups is 1. The van der Waals surface area contributed by atoms with Gasteiger partial charge in [-0.3, -0.25) is 4.99 Å². The summed E-state index contributed by atoms with van der Waals surface area (Å²) in [7, 11) is 0. The van der Waals surface area contributed by atoms with E-state index < -0.39 is 11.7 Å². The Kier molecular flexibility index (Phi) is 11.3. The molecule has 0 amide bonds. The Morgan fingerprint density at radius 2 is 1.97 bits per heavy atom. The highest BCUT2D eigenvalue weighted by atomic mass is 127. The summed E-state index contributed by atoms with van der Waals surface area (Å²) >= 11 is 0. The maximum atomic E-state index is 12.9. The van der Waals surface area contributed by atoms with Crippen LogP contribution in [0.3, 0.4) is 0 Å². The fourth-order valence-corrected chi connectivity index (χ4v) is 3.45. The van der Waals surface area contributed by atoms with Crippen LogP contribution < -0.4 is 5.32 Å². The van der Waals surface area contributed by atoms with Gasteiger partial charge >= 0.3 is 6.18 Å². The second kappa shape index (κ2) is 12.6. The van der Waals surface area contributed by atoms with Crippen molar-refractivity contribution in [3.05, 3.63) is 35.4 Å². The molecule has 0 radical (unpaired) electrons. The molecule has 1 atom stereocenters. The Balaban J connectivity index is 0.00000420. The van der Waals surface area contributed by atoms with Crippen molar-refractivity contribution in [3.8, 4) is 0 Å². The molecule has 0 aromatic heterocycles. The molecule has 166 valence electrons. The summed E-state index contributed by atoms with van der Waals surface area (Å²) in [5.74, 6) is 0.895. The summed E-state index contributed by atoms with van der Waals surface area (Å²) < 4.78 is 44.4. The number of piperidine rings is 1. The quantitative estimate of drug-likeness (QED) is 0.298. The zero-order chi connectivity index (χ0) is 20.6. The lowest BCUT2D eigenvalue weighted by molar-refractivity contribution is -0.137. The first-order valence-electron chi connectivity index (χ1n) is 10.2. The monoisotopic (exact) mass is 527 g/mol. The Morgan fingerprint density at radius 1 is 1.28 bits per heavy atom. The van der Waals surface area contributed by atoms with Gasteiger partial charge in [-0.25, -0.2) is 0 Å². The molecule has 1 N–H and O–H groups in total. The van der Waals surface area contributed by atoms with Crippen molar-refractivity contribution < 1.29 is 17.9 Å². The average Bonchev–Trinajstić information content (AvgIpc) is 2.67. The fourth-order valence-electron chi connectivity index (χ4n) is 3.45. The van der Waals surface area contributed by atoms with E-state index in [4.69, 9.17) is 9.73 Å². The van der Waals surface area contributed by atoms with Gasteiger partial charge in [0.1, 0.15) is 0 Å². The van der Waals surface area contributed by atoms with Gasteiger partial charge in [-0.05, 0) is 50.7 Å². The topological polar surface area (TPSA) is 36.9 Å². The Labute approximate surface area is 189 Å². The van der Waals surface area contributed by atoms with Crippen LogP contribution in [0.4, 0.5) is 13.2 Å². The van der Waals surface area contributed by atoms with Gasteiger partial charge < -0.3 is 15.0 Å². The molecule has 1 saturated heterocycles. The molecular weight excluding hydrogens is 494 g/mol. The number of ether oxygens (including phenoxy) is 1. The minimum absolute atomic E-state index is 0. The second-order valence-corrected chi connectivity index (χ2v) is 7.19. The molecule has 2 rings (SSSR count). The average molecular weight is 527 g/mol. The van der Waals surface area contributed by atoms with Crippen LogP contribution in [0.5, 0.6) is 0 Å². The first kappa shape index (κ1) is 26.0. The molecule has 1 heterocycles. The summed E-state index contributed by atoms with van der Waals surface area (Å²) in [5, 5.41) is 3.33. The van der Waals surface area contributed by atoms with Crippen LogP contribution in [0.15, 0.2) is 29.3 Å². The van der Waals surface area contributed by atoms with Crippen LogP contribution >= 0.6 is 24.0 Å². The number of hydrogen-bond acceptors (Lipinski definition) is 2. The number of rotatable bonds is 7. The molecule has 1 aliphatic heterocycles. The number of hydrogen-bond donors (Lipinski definition) is 1. The fraction of sp³-hybridized carbons (Fsp3) is 0.667. The number of aliphatic imine (C=N–C) groups is 1. The molecular formula is C21H33F3IN3O. The van der Waals surface area contributed by atoms with E-state index in [0.29, 0.717) is 24.6 Å². The molecule has 0 bridgehead atoms. The lowest BCUT2D eigenvalue weighted by Crippen LogP contribution is -2.47. The third-order valence-electron chi connectivity index (χ3n) is 5.09. The number of likely N-dealkylation sites (tertiary alicyclic amines) is 1. The van der Waals surface area contributed by atoms with Gasteiger partial charge in [0.25, 0.3) is 0 Å². The lowest BCUT2D eigenvalue weighted by atomic mass is 9.96. The van der Waals surface area contributed by atoms with Crippen LogP contribution in [-0.2, 0) is 10.9 Å². The van der Waals surface area contributed by atoms with Gasteiger partial charge in [0, 0.05) is 32.8 Å². The Hall–Kier alpha value is -1.03. The molecule has 1 aromatic rings. The predicted octanol–water partition coefficient (Wildman–Crippen LogP) is 5.28.